The zero-order valence-electron chi connectivity index (χ0n) is 13.8. The van der Waals surface area contributed by atoms with E-state index in [1.54, 1.807) is 20.8 Å². The van der Waals surface area contributed by atoms with E-state index in [2.05, 4.69) is 11.9 Å². The van der Waals surface area contributed by atoms with Crippen LogP contribution >= 0.6 is 0 Å². The molecule has 0 saturated heterocycles. The molecule has 120 valence electrons. The molecule has 1 aromatic rings. The van der Waals surface area contributed by atoms with Crippen LogP contribution < -0.4 is 10.1 Å². The minimum Gasteiger partial charge on any atom is -0.428 e. The minimum atomic E-state index is -0.730. The Kier molecular flexibility index (Phi) is 5.74. The Bertz CT molecular complexity index is 562. The number of amides is 1. The zero-order valence-corrected chi connectivity index (χ0v) is 13.8. The molecular weight excluding hydrogens is 282 g/mol. The van der Waals surface area contributed by atoms with E-state index in [9.17, 15) is 9.59 Å². The third-order valence-electron chi connectivity index (χ3n) is 2.75. The highest BCUT2D eigenvalue weighted by Crippen LogP contribution is 2.26. The van der Waals surface area contributed by atoms with Gasteiger partial charge >= 0.3 is 6.16 Å². The first-order valence-corrected chi connectivity index (χ1v) is 7.03. The lowest BCUT2D eigenvalue weighted by Crippen LogP contribution is -2.26. The molecule has 0 unspecified atom stereocenters. The van der Waals surface area contributed by atoms with Crippen LogP contribution in [-0.2, 0) is 16.1 Å². The van der Waals surface area contributed by atoms with Crippen molar-refractivity contribution in [3.63, 3.8) is 0 Å². The maximum absolute atomic E-state index is 11.8. The summed E-state index contributed by atoms with van der Waals surface area (Å²) in [5.41, 5.74) is 1.91. The van der Waals surface area contributed by atoms with E-state index < -0.39 is 11.8 Å². The fraction of sp³-hybridized carbons (Fsp3) is 0.412. The maximum atomic E-state index is 11.8. The molecule has 5 nitrogen and oxygen atoms in total. The lowest BCUT2D eigenvalue weighted by atomic mass is 10.1. The van der Waals surface area contributed by atoms with Crippen molar-refractivity contribution < 1.29 is 19.1 Å². The molecule has 1 rings (SSSR count). The second-order valence-electron chi connectivity index (χ2n) is 6.05. The smallest absolute Gasteiger partial charge is 0.428 e. The largest absolute Gasteiger partial charge is 0.514 e. The van der Waals surface area contributed by atoms with Gasteiger partial charge in [0.2, 0.25) is 5.91 Å². The number of hydrogen-bond acceptors (Lipinski definition) is 4. The van der Waals surface area contributed by atoms with E-state index in [4.69, 9.17) is 9.47 Å². The highest BCUT2D eigenvalue weighted by atomic mass is 16.7. The normalized spacial score (nSPS) is 10.8. The van der Waals surface area contributed by atoms with Crippen LogP contribution in [0.4, 0.5) is 4.79 Å². The van der Waals surface area contributed by atoms with Crippen LogP contribution in [0.25, 0.3) is 0 Å². The van der Waals surface area contributed by atoms with Gasteiger partial charge in [0.1, 0.15) is 11.4 Å². The fourth-order valence-electron chi connectivity index (χ4n) is 1.92. The van der Waals surface area contributed by atoms with Crippen molar-refractivity contribution >= 4 is 12.1 Å². The van der Waals surface area contributed by atoms with Gasteiger partial charge < -0.3 is 14.8 Å². The summed E-state index contributed by atoms with van der Waals surface area (Å²) in [6, 6.07) is 3.71. The number of carbonyl (C=O) groups excluding carboxylic acids is 2. The molecule has 1 amide bonds. The molecule has 0 radical (unpaired) electrons. The van der Waals surface area contributed by atoms with Gasteiger partial charge in [-0.1, -0.05) is 18.7 Å². The van der Waals surface area contributed by atoms with Gasteiger partial charge in [0.25, 0.3) is 0 Å². The number of hydrogen-bond donors (Lipinski definition) is 1. The Hall–Kier alpha value is -2.30. The number of aryl methyl sites for hydroxylation is 2. The summed E-state index contributed by atoms with van der Waals surface area (Å²) in [7, 11) is 0. The molecular formula is C17H23NO4. The summed E-state index contributed by atoms with van der Waals surface area (Å²) in [5.74, 6) is 0.248. The van der Waals surface area contributed by atoms with Gasteiger partial charge in [0.05, 0.1) is 0 Å². The number of nitrogens with one attached hydrogen (secondary N) is 1. The van der Waals surface area contributed by atoms with Crippen LogP contribution in [0.2, 0.25) is 0 Å². The van der Waals surface area contributed by atoms with Crippen molar-refractivity contribution in [1.29, 1.82) is 0 Å². The van der Waals surface area contributed by atoms with Crippen LogP contribution in [-0.4, -0.2) is 17.7 Å². The van der Waals surface area contributed by atoms with E-state index in [-0.39, 0.29) is 5.91 Å². The van der Waals surface area contributed by atoms with Crippen LogP contribution in [0, 0.1) is 13.8 Å². The predicted octanol–water partition coefficient (Wildman–Crippen LogP) is 3.42. The van der Waals surface area contributed by atoms with Gasteiger partial charge in [-0.05, 0) is 57.4 Å². The van der Waals surface area contributed by atoms with Crippen molar-refractivity contribution in [2.24, 2.45) is 0 Å². The average Bonchev–Trinajstić information content (AvgIpc) is 2.38. The highest BCUT2D eigenvalue weighted by Gasteiger charge is 2.19. The first-order chi connectivity index (χ1) is 10.1. The van der Waals surface area contributed by atoms with Gasteiger partial charge in [0, 0.05) is 6.54 Å². The molecule has 1 N–H and O–H groups in total. The topological polar surface area (TPSA) is 64.6 Å². The average molecular weight is 305 g/mol. The molecule has 0 aliphatic heterocycles. The van der Waals surface area contributed by atoms with Gasteiger partial charge in [-0.25, -0.2) is 4.79 Å². The highest BCUT2D eigenvalue weighted by molar-refractivity contribution is 5.86. The van der Waals surface area contributed by atoms with E-state index in [1.165, 1.54) is 6.08 Å². The SMILES string of the molecule is C=CC(=O)NCc1cc(C)c(OC(=O)OC(C)(C)C)c(C)c1. The molecule has 0 saturated carbocycles. The van der Waals surface area contributed by atoms with Crippen LogP contribution in [0.15, 0.2) is 24.8 Å². The molecule has 0 aliphatic rings. The Morgan fingerprint density at radius 2 is 1.77 bits per heavy atom. The van der Waals surface area contributed by atoms with E-state index >= 15 is 0 Å². The van der Waals surface area contributed by atoms with Crippen molar-refractivity contribution in [2.45, 2.75) is 46.8 Å². The van der Waals surface area contributed by atoms with Gasteiger partial charge in [-0.3, -0.25) is 4.79 Å². The number of carbonyl (C=O) groups is 2. The Labute approximate surface area is 131 Å². The molecule has 0 aliphatic carbocycles. The van der Waals surface area contributed by atoms with Gasteiger partial charge in [-0.15, -0.1) is 0 Å². The first kappa shape index (κ1) is 17.8. The lowest BCUT2D eigenvalue weighted by molar-refractivity contribution is -0.116. The van der Waals surface area contributed by atoms with Gasteiger partial charge in [0.15, 0.2) is 0 Å². The quantitative estimate of drug-likeness (QED) is 0.526. The molecule has 5 heteroatoms. The molecule has 0 spiro atoms. The van der Waals surface area contributed by atoms with Crippen molar-refractivity contribution in [3.8, 4) is 5.75 Å². The summed E-state index contributed by atoms with van der Waals surface area (Å²) in [6.45, 7) is 12.8. The van der Waals surface area contributed by atoms with Crippen molar-refractivity contribution in [3.05, 3.63) is 41.5 Å². The molecule has 0 aromatic heterocycles. The standard InChI is InChI=1S/C17H23NO4/c1-7-14(19)18-10-13-8-11(2)15(12(3)9-13)21-16(20)22-17(4,5)6/h7-9H,1,10H2,2-6H3,(H,18,19). The zero-order chi connectivity index (χ0) is 16.9. The van der Waals surface area contributed by atoms with E-state index in [0.29, 0.717) is 12.3 Å². The third-order valence-corrected chi connectivity index (χ3v) is 2.75. The molecule has 22 heavy (non-hydrogen) atoms. The molecule has 0 fully saturated rings. The van der Waals surface area contributed by atoms with E-state index in [0.717, 1.165) is 16.7 Å². The Morgan fingerprint density at radius 1 is 1.23 bits per heavy atom. The van der Waals surface area contributed by atoms with Crippen molar-refractivity contribution in [2.75, 3.05) is 0 Å². The second kappa shape index (κ2) is 7.11. The molecule has 1 aromatic carbocycles. The lowest BCUT2D eigenvalue weighted by Gasteiger charge is -2.20. The Balaban J connectivity index is 2.84. The summed E-state index contributed by atoms with van der Waals surface area (Å²) in [4.78, 5) is 22.9. The summed E-state index contributed by atoms with van der Waals surface area (Å²) in [6.07, 6.45) is 0.492. The summed E-state index contributed by atoms with van der Waals surface area (Å²) >= 11 is 0. The predicted molar refractivity (Wildman–Crippen MR) is 84.8 cm³/mol. The third kappa shape index (κ3) is 5.60. The van der Waals surface area contributed by atoms with Gasteiger partial charge in [-0.2, -0.15) is 0 Å². The Morgan fingerprint density at radius 3 is 2.23 bits per heavy atom. The summed E-state index contributed by atoms with van der Waals surface area (Å²) < 4.78 is 10.4. The van der Waals surface area contributed by atoms with Crippen LogP contribution in [0.3, 0.4) is 0 Å². The van der Waals surface area contributed by atoms with E-state index in [1.807, 2.05) is 26.0 Å². The van der Waals surface area contributed by atoms with Crippen LogP contribution in [0.1, 0.15) is 37.5 Å². The van der Waals surface area contributed by atoms with Crippen molar-refractivity contribution in [1.82, 2.24) is 5.32 Å². The van der Waals surface area contributed by atoms with Crippen LogP contribution in [0.5, 0.6) is 5.75 Å². The molecule has 0 bridgehead atoms. The molecule has 0 atom stereocenters. The number of benzene rings is 1. The minimum absolute atomic E-state index is 0.232. The maximum Gasteiger partial charge on any atom is 0.514 e. The monoisotopic (exact) mass is 305 g/mol. The first-order valence-electron chi connectivity index (χ1n) is 7.03. The fourth-order valence-corrected chi connectivity index (χ4v) is 1.92. The number of rotatable bonds is 4. The molecule has 0 heterocycles. The second-order valence-corrected chi connectivity index (χ2v) is 6.05. The number of ether oxygens (including phenoxy) is 2. The summed E-state index contributed by atoms with van der Waals surface area (Å²) in [5, 5.41) is 2.70.